The van der Waals surface area contributed by atoms with Gasteiger partial charge in [0.05, 0.1) is 24.2 Å². The number of likely N-dealkylation sites (N-methyl/N-ethyl adjacent to an activating group) is 1. The maximum atomic E-state index is 12.7. The molecular weight excluding hydrogens is 304 g/mol. The Bertz CT molecular complexity index is 740. The molecule has 2 aliphatic rings. The SMILES string of the molecule is CN1C(=O)C(CCc2ccc(C#N)cc2)COC12C=CC(=O)C=C2. The van der Waals surface area contributed by atoms with E-state index in [1.807, 2.05) is 12.1 Å². The summed E-state index contributed by atoms with van der Waals surface area (Å²) >= 11 is 0. The van der Waals surface area contributed by atoms with Crippen LogP contribution >= 0.6 is 0 Å². The Morgan fingerprint density at radius 3 is 2.54 bits per heavy atom. The van der Waals surface area contributed by atoms with Crippen molar-refractivity contribution < 1.29 is 14.3 Å². The smallest absolute Gasteiger partial charge is 0.230 e. The third-order valence-corrected chi connectivity index (χ3v) is 4.56. The molecule has 0 saturated carbocycles. The van der Waals surface area contributed by atoms with Crippen molar-refractivity contribution in [3.05, 3.63) is 59.7 Å². The molecule has 1 fully saturated rings. The number of hydrogen-bond donors (Lipinski definition) is 0. The number of amides is 1. The highest BCUT2D eigenvalue weighted by Crippen LogP contribution is 2.31. The Morgan fingerprint density at radius 2 is 1.92 bits per heavy atom. The Labute approximate surface area is 140 Å². The Kier molecular flexibility index (Phi) is 4.32. The second-order valence-corrected chi connectivity index (χ2v) is 6.07. The fraction of sp³-hybridized carbons (Fsp3) is 0.316. The summed E-state index contributed by atoms with van der Waals surface area (Å²) in [4.78, 5) is 25.5. The van der Waals surface area contributed by atoms with E-state index in [0.717, 1.165) is 12.0 Å². The summed E-state index contributed by atoms with van der Waals surface area (Å²) in [5.41, 5.74) is 0.784. The second-order valence-electron chi connectivity index (χ2n) is 6.07. The molecule has 24 heavy (non-hydrogen) atoms. The van der Waals surface area contributed by atoms with Gasteiger partial charge in [-0.3, -0.25) is 9.59 Å². The Hall–Kier alpha value is -2.71. The van der Waals surface area contributed by atoms with Gasteiger partial charge in [-0.1, -0.05) is 12.1 Å². The molecule has 122 valence electrons. The minimum absolute atomic E-state index is 0.0125. The van der Waals surface area contributed by atoms with E-state index >= 15 is 0 Å². The largest absolute Gasteiger partial charge is 0.347 e. The van der Waals surface area contributed by atoms with Crippen LogP contribution in [-0.4, -0.2) is 36.0 Å². The molecule has 5 heteroatoms. The van der Waals surface area contributed by atoms with Gasteiger partial charge in [-0.25, -0.2) is 0 Å². The van der Waals surface area contributed by atoms with Gasteiger partial charge in [0.25, 0.3) is 0 Å². The molecule has 5 nitrogen and oxygen atoms in total. The van der Waals surface area contributed by atoms with Crippen LogP contribution in [0.3, 0.4) is 0 Å². The van der Waals surface area contributed by atoms with Crippen molar-refractivity contribution in [3.63, 3.8) is 0 Å². The lowest BCUT2D eigenvalue weighted by atomic mass is 9.94. The van der Waals surface area contributed by atoms with E-state index in [1.54, 1.807) is 36.2 Å². The summed E-state index contributed by atoms with van der Waals surface area (Å²) in [6.45, 7) is 0.322. The zero-order chi connectivity index (χ0) is 17.2. The molecule has 1 saturated heterocycles. The Balaban J connectivity index is 1.64. The summed E-state index contributed by atoms with van der Waals surface area (Å²) < 4.78 is 5.91. The van der Waals surface area contributed by atoms with Crippen LogP contribution in [0.2, 0.25) is 0 Å². The van der Waals surface area contributed by atoms with Gasteiger partial charge in [-0.15, -0.1) is 0 Å². The van der Waals surface area contributed by atoms with E-state index in [4.69, 9.17) is 10.00 Å². The molecule has 0 aromatic heterocycles. The van der Waals surface area contributed by atoms with E-state index < -0.39 is 5.72 Å². The first-order chi connectivity index (χ1) is 11.5. The third-order valence-electron chi connectivity index (χ3n) is 4.56. The molecule has 0 radical (unpaired) electrons. The van der Waals surface area contributed by atoms with Crippen molar-refractivity contribution in [1.82, 2.24) is 4.90 Å². The lowest BCUT2D eigenvalue weighted by Gasteiger charge is -2.44. The lowest BCUT2D eigenvalue weighted by molar-refractivity contribution is -0.175. The predicted octanol–water partition coefficient (Wildman–Crippen LogP) is 1.99. The highest BCUT2D eigenvalue weighted by Gasteiger charge is 2.43. The van der Waals surface area contributed by atoms with Crippen molar-refractivity contribution in [2.75, 3.05) is 13.7 Å². The molecule has 0 N–H and O–H groups in total. The molecule has 1 amide bonds. The van der Waals surface area contributed by atoms with Gasteiger partial charge in [0.1, 0.15) is 0 Å². The number of aryl methyl sites for hydroxylation is 1. The van der Waals surface area contributed by atoms with Gasteiger partial charge >= 0.3 is 0 Å². The first-order valence-corrected chi connectivity index (χ1v) is 7.87. The first-order valence-electron chi connectivity index (χ1n) is 7.87. The monoisotopic (exact) mass is 322 g/mol. The van der Waals surface area contributed by atoms with Gasteiger partial charge < -0.3 is 9.64 Å². The minimum Gasteiger partial charge on any atom is -0.347 e. The first kappa shape index (κ1) is 16.2. The summed E-state index contributed by atoms with van der Waals surface area (Å²) in [6.07, 6.45) is 7.55. The van der Waals surface area contributed by atoms with Gasteiger partial charge in [-0.05, 0) is 54.8 Å². The number of nitrogens with zero attached hydrogens (tertiary/aromatic N) is 2. The van der Waals surface area contributed by atoms with E-state index in [1.165, 1.54) is 12.2 Å². The van der Waals surface area contributed by atoms with Crippen molar-refractivity contribution in [1.29, 1.82) is 5.26 Å². The van der Waals surface area contributed by atoms with E-state index in [2.05, 4.69) is 6.07 Å². The molecule has 1 spiro atoms. The van der Waals surface area contributed by atoms with Crippen LogP contribution in [0.5, 0.6) is 0 Å². The van der Waals surface area contributed by atoms with Crippen LogP contribution in [0.4, 0.5) is 0 Å². The summed E-state index contributed by atoms with van der Waals surface area (Å²) in [7, 11) is 1.70. The fourth-order valence-corrected chi connectivity index (χ4v) is 2.98. The average Bonchev–Trinajstić information content (AvgIpc) is 2.62. The summed E-state index contributed by atoms with van der Waals surface area (Å²) in [5.74, 6) is -0.303. The quantitative estimate of drug-likeness (QED) is 0.853. The van der Waals surface area contributed by atoms with Crippen LogP contribution in [0, 0.1) is 17.2 Å². The topological polar surface area (TPSA) is 70.4 Å². The number of allylic oxidation sites excluding steroid dienone is 2. The highest BCUT2D eigenvalue weighted by molar-refractivity contribution is 6.00. The number of ether oxygens (including phenoxy) is 1. The van der Waals surface area contributed by atoms with Crippen molar-refractivity contribution >= 4 is 11.7 Å². The van der Waals surface area contributed by atoms with Crippen LogP contribution in [-0.2, 0) is 20.7 Å². The maximum Gasteiger partial charge on any atom is 0.230 e. The summed E-state index contributed by atoms with van der Waals surface area (Å²) in [5, 5.41) is 8.81. The number of carbonyl (C=O) groups excluding carboxylic acids is 2. The second kappa shape index (κ2) is 6.42. The zero-order valence-electron chi connectivity index (χ0n) is 13.4. The van der Waals surface area contributed by atoms with Gasteiger partial charge in [0.2, 0.25) is 5.91 Å². The maximum absolute atomic E-state index is 12.7. The molecular formula is C19H18N2O3. The van der Waals surface area contributed by atoms with Gasteiger partial charge in [-0.2, -0.15) is 5.26 Å². The van der Waals surface area contributed by atoms with E-state index in [9.17, 15) is 9.59 Å². The molecule has 1 aliphatic carbocycles. The molecule has 1 aromatic rings. The molecule has 0 bridgehead atoms. The van der Waals surface area contributed by atoms with Crippen LogP contribution in [0.15, 0.2) is 48.6 Å². The Morgan fingerprint density at radius 1 is 1.25 bits per heavy atom. The minimum atomic E-state index is -0.935. The van der Waals surface area contributed by atoms with Crippen LogP contribution < -0.4 is 0 Å². The highest BCUT2D eigenvalue weighted by atomic mass is 16.5. The van der Waals surface area contributed by atoms with Crippen molar-refractivity contribution in [2.45, 2.75) is 18.6 Å². The normalized spacial score (nSPS) is 22.0. The number of hydrogen-bond acceptors (Lipinski definition) is 4. The molecule has 1 aromatic carbocycles. The number of ketones is 1. The number of carbonyl (C=O) groups is 2. The van der Waals surface area contributed by atoms with Gasteiger partial charge in [0, 0.05) is 7.05 Å². The van der Waals surface area contributed by atoms with Crippen LogP contribution in [0.1, 0.15) is 17.5 Å². The van der Waals surface area contributed by atoms with Crippen molar-refractivity contribution in [2.24, 2.45) is 5.92 Å². The van der Waals surface area contributed by atoms with Gasteiger partial charge in [0.15, 0.2) is 11.5 Å². The fourth-order valence-electron chi connectivity index (χ4n) is 2.98. The average molecular weight is 322 g/mol. The van der Waals surface area contributed by atoms with E-state index in [-0.39, 0.29) is 17.6 Å². The van der Waals surface area contributed by atoms with Crippen LogP contribution in [0.25, 0.3) is 0 Å². The third kappa shape index (κ3) is 3.01. The number of rotatable bonds is 3. The predicted molar refractivity (Wildman–Crippen MR) is 87.7 cm³/mol. The lowest BCUT2D eigenvalue weighted by Crippen LogP contribution is -2.57. The van der Waals surface area contributed by atoms with E-state index in [0.29, 0.717) is 18.6 Å². The van der Waals surface area contributed by atoms with Crippen molar-refractivity contribution in [3.8, 4) is 6.07 Å². The zero-order valence-corrected chi connectivity index (χ0v) is 13.4. The summed E-state index contributed by atoms with van der Waals surface area (Å²) in [6, 6.07) is 9.48. The molecule has 1 atom stereocenters. The molecule has 1 unspecified atom stereocenters. The number of benzene rings is 1. The standard InChI is InChI=1S/C19H18N2O3/c1-21-18(23)16(7-6-14-2-4-15(12-20)5-3-14)13-24-19(21)10-8-17(22)9-11-19/h2-5,8-11,16H,6-7,13H2,1H3. The molecule has 1 aliphatic heterocycles. The molecule has 1 heterocycles. The molecule has 3 rings (SSSR count). The number of nitriles is 1.